The SMILES string of the molecule is CC(C)CNCC1CCCN1c1nccn2nccc12. The highest BCUT2D eigenvalue weighted by Gasteiger charge is 2.26. The molecule has 2 aromatic rings. The monoisotopic (exact) mass is 273 g/mol. The zero-order valence-corrected chi connectivity index (χ0v) is 12.3. The average molecular weight is 273 g/mol. The molecule has 5 nitrogen and oxygen atoms in total. The number of fused-ring (bicyclic) bond motifs is 1. The Bertz CT molecular complexity index is 562. The number of nitrogens with zero attached hydrogens (tertiary/aromatic N) is 4. The third kappa shape index (κ3) is 2.63. The van der Waals surface area contributed by atoms with Gasteiger partial charge in [0.15, 0.2) is 5.82 Å². The summed E-state index contributed by atoms with van der Waals surface area (Å²) in [4.78, 5) is 7.03. The number of nitrogens with one attached hydrogen (secondary N) is 1. The maximum atomic E-state index is 4.59. The Morgan fingerprint density at radius 1 is 1.40 bits per heavy atom. The van der Waals surface area contributed by atoms with E-state index in [-0.39, 0.29) is 0 Å². The van der Waals surface area contributed by atoms with Crippen LogP contribution in [0.4, 0.5) is 5.82 Å². The van der Waals surface area contributed by atoms with Crippen LogP contribution in [0.25, 0.3) is 5.52 Å². The molecule has 3 heterocycles. The number of hydrogen-bond donors (Lipinski definition) is 1. The molecule has 2 aromatic heterocycles. The van der Waals surface area contributed by atoms with Crippen molar-refractivity contribution in [2.45, 2.75) is 32.7 Å². The highest BCUT2D eigenvalue weighted by Crippen LogP contribution is 2.26. The lowest BCUT2D eigenvalue weighted by molar-refractivity contribution is 0.511. The lowest BCUT2D eigenvalue weighted by Crippen LogP contribution is -2.39. The predicted octanol–water partition coefficient (Wildman–Crippen LogP) is 1.94. The summed E-state index contributed by atoms with van der Waals surface area (Å²) in [5.74, 6) is 1.76. The standard InChI is InChI=1S/C15H23N5/c1-12(2)10-16-11-13-4-3-8-19(13)15-14-5-6-18-20(14)9-7-17-15/h5-7,9,12-13,16H,3-4,8,10-11H2,1-2H3. The summed E-state index contributed by atoms with van der Waals surface area (Å²) >= 11 is 0. The lowest BCUT2D eigenvalue weighted by atomic mass is 10.2. The summed E-state index contributed by atoms with van der Waals surface area (Å²) in [6.07, 6.45) is 8.06. The molecule has 0 aliphatic carbocycles. The fourth-order valence-corrected chi connectivity index (χ4v) is 2.93. The Morgan fingerprint density at radius 3 is 3.15 bits per heavy atom. The van der Waals surface area contributed by atoms with Gasteiger partial charge >= 0.3 is 0 Å². The maximum Gasteiger partial charge on any atom is 0.154 e. The summed E-state index contributed by atoms with van der Waals surface area (Å²) in [7, 11) is 0. The molecule has 0 spiro atoms. The van der Waals surface area contributed by atoms with Crippen molar-refractivity contribution in [2.24, 2.45) is 5.92 Å². The fraction of sp³-hybridized carbons (Fsp3) is 0.600. The van der Waals surface area contributed by atoms with Crippen molar-refractivity contribution in [1.82, 2.24) is 19.9 Å². The normalized spacial score (nSPS) is 19.4. The Morgan fingerprint density at radius 2 is 2.30 bits per heavy atom. The first kappa shape index (κ1) is 13.4. The largest absolute Gasteiger partial charge is 0.351 e. The van der Waals surface area contributed by atoms with Crippen LogP contribution in [0.3, 0.4) is 0 Å². The molecule has 0 amide bonds. The number of anilines is 1. The topological polar surface area (TPSA) is 45.5 Å². The van der Waals surface area contributed by atoms with Crippen LogP contribution in [0, 0.1) is 5.92 Å². The summed E-state index contributed by atoms with van der Waals surface area (Å²) < 4.78 is 1.90. The van der Waals surface area contributed by atoms with Crippen LogP contribution >= 0.6 is 0 Å². The highest BCUT2D eigenvalue weighted by atomic mass is 15.3. The average Bonchev–Trinajstić information content (AvgIpc) is 3.05. The molecule has 1 fully saturated rings. The van der Waals surface area contributed by atoms with Gasteiger partial charge < -0.3 is 10.2 Å². The molecule has 1 unspecified atom stereocenters. The van der Waals surface area contributed by atoms with Crippen molar-refractivity contribution in [3.05, 3.63) is 24.7 Å². The molecule has 1 atom stereocenters. The second kappa shape index (κ2) is 5.79. The van der Waals surface area contributed by atoms with E-state index in [4.69, 9.17) is 0 Å². The molecule has 1 saturated heterocycles. The Hall–Kier alpha value is -1.62. The van der Waals surface area contributed by atoms with Crippen LogP contribution in [-0.4, -0.2) is 40.3 Å². The van der Waals surface area contributed by atoms with Crippen LogP contribution in [0.15, 0.2) is 24.7 Å². The minimum Gasteiger partial charge on any atom is -0.351 e. The molecule has 0 bridgehead atoms. The van der Waals surface area contributed by atoms with Gasteiger partial charge in [-0.1, -0.05) is 13.8 Å². The Labute approximate surface area is 120 Å². The zero-order valence-electron chi connectivity index (χ0n) is 12.3. The molecule has 0 aromatic carbocycles. The zero-order chi connectivity index (χ0) is 13.9. The van der Waals surface area contributed by atoms with Crippen molar-refractivity contribution in [2.75, 3.05) is 24.5 Å². The van der Waals surface area contributed by atoms with Gasteiger partial charge in [0.05, 0.1) is 6.20 Å². The molecule has 3 rings (SSSR count). The van der Waals surface area contributed by atoms with E-state index in [0.717, 1.165) is 31.0 Å². The number of hydrogen-bond acceptors (Lipinski definition) is 4. The van der Waals surface area contributed by atoms with Gasteiger partial charge in [0.25, 0.3) is 0 Å². The van der Waals surface area contributed by atoms with E-state index in [0.29, 0.717) is 12.0 Å². The number of rotatable bonds is 5. The first-order chi connectivity index (χ1) is 9.75. The smallest absolute Gasteiger partial charge is 0.154 e. The van der Waals surface area contributed by atoms with Crippen molar-refractivity contribution in [3.63, 3.8) is 0 Å². The highest BCUT2D eigenvalue weighted by molar-refractivity contribution is 5.69. The summed E-state index contributed by atoms with van der Waals surface area (Å²) in [6, 6.07) is 2.58. The Balaban J connectivity index is 1.76. The minimum absolute atomic E-state index is 0.544. The van der Waals surface area contributed by atoms with E-state index in [9.17, 15) is 0 Å². The summed E-state index contributed by atoms with van der Waals surface area (Å²) in [5, 5.41) is 7.87. The first-order valence-corrected chi connectivity index (χ1v) is 7.51. The maximum absolute atomic E-state index is 4.59. The molecule has 1 aliphatic heterocycles. The Kier molecular flexibility index (Phi) is 3.87. The molecule has 1 N–H and O–H groups in total. The van der Waals surface area contributed by atoms with Crippen molar-refractivity contribution < 1.29 is 0 Å². The van der Waals surface area contributed by atoms with Crippen LogP contribution in [0.2, 0.25) is 0 Å². The van der Waals surface area contributed by atoms with Crippen LogP contribution in [-0.2, 0) is 0 Å². The fourth-order valence-electron chi connectivity index (χ4n) is 2.93. The van der Waals surface area contributed by atoms with Crippen LogP contribution in [0.1, 0.15) is 26.7 Å². The van der Waals surface area contributed by atoms with Gasteiger partial charge in [-0.25, -0.2) is 9.50 Å². The van der Waals surface area contributed by atoms with E-state index in [1.807, 2.05) is 29.2 Å². The van der Waals surface area contributed by atoms with Gasteiger partial charge in [-0.05, 0) is 31.4 Å². The van der Waals surface area contributed by atoms with Gasteiger partial charge in [-0.2, -0.15) is 5.10 Å². The molecule has 20 heavy (non-hydrogen) atoms. The lowest BCUT2D eigenvalue weighted by Gasteiger charge is -2.26. The van der Waals surface area contributed by atoms with E-state index >= 15 is 0 Å². The van der Waals surface area contributed by atoms with Gasteiger partial charge in [0.1, 0.15) is 5.52 Å². The van der Waals surface area contributed by atoms with Gasteiger partial charge in [0.2, 0.25) is 0 Å². The van der Waals surface area contributed by atoms with E-state index in [1.165, 1.54) is 12.8 Å². The third-order valence-electron chi connectivity index (χ3n) is 3.89. The second-order valence-corrected chi connectivity index (χ2v) is 5.95. The second-order valence-electron chi connectivity index (χ2n) is 5.95. The van der Waals surface area contributed by atoms with E-state index < -0.39 is 0 Å². The van der Waals surface area contributed by atoms with E-state index in [2.05, 4.69) is 34.1 Å². The van der Waals surface area contributed by atoms with Gasteiger partial charge in [-0.15, -0.1) is 0 Å². The first-order valence-electron chi connectivity index (χ1n) is 7.51. The van der Waals surface area contributed by atoms with Crippen molar-refractivity contribution in [3.8, 4) is 0 Å². The van der Waals surface area contributed by atoms with E-state index in [1.54, 1.807) is 0 Å². The summed E-state index contributed by atoms with van der Waals surface area (Å²) in [6.45, 7) is 7.69. The minimum atomic E-state index is 0.544. The third-order valence-corrected chi connectivity index (χ3v) is 3.89. The van der Waals surface area contributed by atoms with Gasteiger partial charge in [-0.3, -0.25) is 0 Å². The molecular weight excluding hydrogens is 250 g/mol. The molecule has 0 saturated carbocycles. The van der Waals surface area contributed by atoms with Gasteiger partial charge in [0, 0.05) is 31.5 Å². The summed E-state index contributed by atoms with van der Waals surface area (Å²) in [5.41, 5.74) is 1.10. The van der Waals surface area contributed by atoms with Crippen molar-refractivity contribution >= 4 is 11.3 Å². The predicted molar refractivity (Wildman–Crippen MR) is 81.1 cm³/mol. The van der Waals surface area contributed by atoms with Crippen LogP contribution < -0.4 is 10.2 Å². The molecule has 0 radical (unpaired) electrons. The van der Waals surface area contributed by atoms with Crippen LogP contribution in [0.5, 0.6) is 0 Å². The molecular formula is C15H23N5. The number of aromatic nitrogens is 3. The molecule has 5 heteroatoms. The van der Waals surface area contributed by atoms with Crippen molar-refractivity contribution in [1.29, 1.82) is 0 Å². The molecule has 108 valence electrons. The quantitative estimate of drug-likeness (QED) is 0.904. The molecule has 1 aliphatic rings.